The molecule has 0 radical (unpaired) electrons. The molecule has 0 saturated carbocycles. The number of aliphatic hydroxyl groups excluding tert-OH is 1. The molecule has 3 heteroatoms. The Morgan fingerprint density at radius 1 is 1.15 bits per heavy atom. The van der Waals surface area contributed by atoms with Gasteiger partial charge in [0.15, 0.2) is 0 Å². The lowest BCUT2D eigenvalue weighted by Gasteiger charge is -2.08. The first-order chi connectivity index (χ1) is 9.77. The molecule has 1 atom stereocenters. The Kier molecular flexibility index (Phi) is 5.96. The lowest BCUT2D eigenvalue weighted by molar-refractivity contribution is 0.181. The molecule has 1 heterocycles. The van der Waals surface area contributed by atoms with E-state index in [2.05, 4.69) is 34.6 Å². The molecule has 0 aliphatic heterocycles. The van der Waals surface area contributed by atoms with Crippen LogP contribution in [0.1, 0.15) is 31.7 Å². The average Bonchev–Trinajstić information content (AvgIpc) is 2.46. The largest absolute Gasteiger partial charge is 0.393 e. The van der Waals surface area contributed by atoms with E-state index in [0.717, 1.165) is 44.3 Å². The Morgan fingerprint density at radius 2 is 1.95 bits per heavy atom. The molecule has 1 aromatic carbocycles. The number of aliphatic hydroxyl groups is 1. The summed E-state index contributed by atoms with van der Waals surface area (Å²) in [7, 11) is 0. The van der Waals surface area contributed by atoms with Crippen molar-refractivity contribution in [3.05, 3.63) is 42.1 Å². The predicted octanol–water partition coefficient (Wildman–Crippen LogP) is 2.92. The van der Waals surface area contributed by atoms with Gasteiger partial charge in [-0.05, 0) is 63.4 Å². The number of nitrogens with one attached hydrogen (secondary N) is 1. The van der Waals surface area contributed by atoms with Crippen LogP contribution in [0.4, 0.5) is 0 Å². The molecule has 0 aliphatic rings. The van der Waals surface area contributed by atoms with Crippen LogP contribution in [0.3, 0.4) is 0 Å². The van der Waals surface area contributed by atoms with Gasteiger partial charge >= 0.3 is 0 Å². The maximum Gasteiger partial charge on any atom is 0.0704 e. The van der Waals surface area contributed by atoms with Crippen molar-refractivity contribution in [3.63, 3.8) is 0 Å². The van der Waals surface area contributed by atoms with Crippen LogP contribution in [0.15, 0.2) is 36.5 Å². The highest BCUT2D eigenvalue weighted by molar-refractivity contribution is 5.81. The normalized spacial score (nSPS) is 12.7. The van der Waals surface area contributed by atoms with Gasteiger partial charge < -0.3 is 10.4 Å². The zero-order valence-corrected chi connectivity index (χ0v) is 12.2. The number of benzene rings is 1. The summed E-state index contributed by atoms with van der Waals surface area (Å²) >= 11 is 0. The molecular weight excluding hydrogens is 248 g/mol. The van der Waals surface area contributed by atoms with Crippen LogP contribution in [0.2, 0.25) is 0 Å². The third-order valence-corrected chi connectivity index (χ3v) is 3.51. The second kappa shape index (κ2) is 7.98. The first-order valence-corrected chi connectivity index (χ1v) is 7.49. The Hall–Kier alpha value is -1.45. The molecule has 1 aromatic heterocycles. The lowest BCUT2D eigenvalue weighted by atomic mass is 10.0. The molecule has 0 saturated heterocycles. The van der Waals surface area contributed by atoms with Crippen molar-refractivity contribution in [2.75, 3.05) is 13.1 Å². The van der Waals surface area contributed by atoms with Gasteiger partial charge in [-0.25, -0.2) is 0 Å². The van der Waals surface area contributed by atoms with E-state index in [4.69, 9.17) is 0 Å². The van der Waals surface area contributed by atoms with E-state index in [0.29, 0.717) is 0 Å². The predicted molar refractivity (Wildman–Crippen MR) is 83.8 cm³/mol. The van der Waals surface area contributed by atoms with Crippen LogP contribution in [0.25, 0.3) is 10.9 Å². The van der Waals surface area contributed by atoms with E-state index in [1.54, 1.807) is 0 Å². The van der Waals surface area contributed by atoms with Gasteiger partial charge in [-0.15, -0.1) is 0 Å². The molecule has 0 fully saturated rings. The second-order valence-electron chi connectivity index (χ2n) is 5.33. The standard InChI is InChI=1S/C17H24N2O/c1-14(20)6-4-11-18-12-5-7-15-10-13-19-17-9-3-2-8-16(15)17/h2-3,8-10,13-14,18,20H,4-7,11-12H2,1H3. The van der Waals surface area contributed by atoms with Crippen LogP contribution in [-0.2, 0) is 6.42 Å². The molecule has 20 heavy (non-hydrogen) atoms. The summed E-state index contributed by atoms with van der Waals surface area (Å²) in [4.78, 5) is 4.39. The summed E-state index contributed by atoms with van der Waals surface area (Å²) < 4.78 is 0. The number of nitrogens with zero attached hydrogens (tertiary/aromatic N) is 1. The minimum absolute atomic E-state index is 0.181. The van der Waals surface area contributed by atoms with Crippen molar-refractivity contribution in [2.24, 2.45) is 0 Å². The van der Waals surface area contributed by atoms with Crippen LogP contribution < -0.4 is 5.32 Å². The summed E-state index contributed by atoms with van der Waals surface area (Å²) in [6.45, 7) is 3.85. The Balaban J connectivity index is 1.73. The van der Waals surface area contributed by atoms with Crippen LogP contribution in [0.5, 0.6) is 0 Å². The van der Waals surface area contributed by atoms with Crippen molar-refractivity contribution in [1.82, 2.24) is 10.3 Å². The molecule has 2 aromatic rings. The van der Waals surface area contributed by atoms with E-state index < -0.39 is 0 Å². The van der Waals surface area contributed by atoms with Gasteiger partial charge in [0.25, 0.3) is 0 Å². The van der Waals surface area contributed by atoms with Gasteiger partial charge in [-0.1, -0.05) is 18.2 Å². The second-order valence-corrected chi connectivity index (χ2v) is 5.33. The van der Waals surface area contributed by atoms with Crippen molar-refractivity contribution in [1.29, 1.82) is 0 Å². The highest BCUT2D eigenvalue weighted by Gasteiger charge is 2.01. The lowest BCUT2D eigenvalue weighted by Crippen LogP contribution is -2.18. The third kappa shape index (κ3) is 4.58. The smallest absolute Gasteiger partial charge is 0.0704 e. The maximum absolute atomic E-state index is 9.17. The molecule has 2 rings (SSSR count). The number of para-hydroxylation sites is 1. The van der Waals surface area contributed by atoms with Gasteiger partial charge in [0.05, 0.1) is 11.6 Å². The van der Waals surface area contributed by atoms with Gasteiger partial charge in [0.1, 0.15) is 0 Å². The SMILES string of the molecule is CC(O)CCCNCCCc1ccnc2ccccc12. The summed E-state index contributed by atoms with van der Waals surface area (Å²) in [5, 5.41) is 13.9. The molecule has 3 nitrogen and oxygen atoms in total. The first-order valence-electron chi connectivity index (χ1n) is 7.49. The zero-order chi connectivity index (χ0) is 14.2. The van der Waals surface area contributed by atoms with E-state index in [-0.39, 0.29) is 6.10 Å². The van der Waals surface area contributed by atoms with E-state index in [1.807, 2.05) is 19.2 Å². The van der Waals surface area contributed by atoms with Gasteiger partial charge in [-0.3, -0.25) is 4.98 Å². The molecule has 2 N–H and O–H groups in total. The third-order valence-electron chi connectivity index (χ3n) is 3.51. The number of fused-ring (bicyclic) bond motifs is 1. The summed E-state index contributed by atoms with van der Waals surface area (Å²) in [5.41, 5.74) is 2.45. The number of aryl methyl sites for hydroxylation is 1. The van der Waals surface area contributed by atoms with Crippen molar-refractivity contribution < 1.29 is 5.11 Å². The van der Waals surface area contributed by atoms with Crippen molar-refractivity contribution in [2.45, 2.75) is 38.7 Å². The van der Waals surface area contributed by atoms with Crippen LogP contribution in [0, 0.1) is 0 Å². The molecule has 0 aliphatic carbocycles. The average molecular weight is 272 g/mol. The van der Waals surface area contributed by atoms with E-state index in [1.165, 1.54) is 10.9 Å². The zero-order valence-electron chi connectivity index (χ0n) is 12.2. The Labute approximate surface area is 121 Å². The molecule has 0 bridgehead atoms. The molecule has 0 amide bonds. The molecular formula is C17H24N2O. The van der Waals surface area contributed by atoms with Gasteiger partial charge in [0, 0.05) is 11.6 Å². The topological polar surface area (TPSA) is 45.1 Å². The molecule has 108 valence electrons. The highest BCUT2D eigenvalue weighted by atomic mass is 16.3. The summed E-state index contributed by atoms with van der Waals surface area (Å²) in [5.74, 6) is 0. The number of pyridine rings is 1. The quantitative estimate of drug-likeness (QED) is 0.726. The van der Waals surface area contributed by atoms with E-state index >= 15 is 0 Å². The van der Waals surface area contributed by atoms with Gasteiger partial charge in [0.2, 0.25) is 0 Å². The van der Waals surface area contributed by atoms with E-state index in [9.17, 15) is 5.11 Å². The van der Waals surface area contributed by atoms with Crippen molar-refractivity contribution >= 4 is 10.9 Å². The number of hydrogen-bond acceptors (Lipinski definition) is 3. The Morgan fingerprint density at radius 3 is 2.80 bits per heavy atom. The highest BCUT2D eigenvalue weighted by Crippen LogP contribution is 2.17. The van der Waals surface area contributed by atoms with Crippen molar-refractivity contribution in [3.8, 4) is 0 Å². The first kappa shape index (κ1) is 14.9. The molecule has 0 spiro atoms. The fraction of sp³-hybridized carbons (Fsp3) is 0.471. The minimum Gasteiger partial charge on any atom is -0.393 e. The fourth-order valence-corrected chi connectivity index (χ4v) is 2.42. The number of rotatable bonds is 8. The van der Waals surface area contributed by atoms with Crippen LogP contribution in [-0.4, -0.2) is 29.3 Å². The maximum atomic E-state index is 9.17. The number of hydrogen-bond donors (Lipinski definition) is 2. The van der Waals surface area contributed by atoms with Crippen LogP contribution >= 0.6 is 0 Å². The Bertz CT molecular complexity index is 520. The van der Waals surface area contributed by atoms with Gasteiger partial charge in [-0.2, -0.15) is 0 Å². The summed E-state index contributed by atoms with van der Waals surface area (Å²) in [6, 6.07) is 10.4. The monoisotopic (exact) mass is 272 g/mol. The minimum atomic E-state index is -0.181. The fourth-order valence-electron chi connectivity index (χ4n) is 2.42. The summed E-state index contributed by atoms with van der Waals surface area (Å²) in [6.07, 6.45) is 5.83. The molecule has 1 unspecified atom stereocenters. The number of aromatic nitrogens is 1.